The van der Waals surface area contributed by atoms with Crippen molar-refractivity contribution in [2.45, 2.75) is 13.8 Å². The second-order valence-electron chi connectivity index (χ2n) is 2.97. The van der Waals surface area contributed by atoms with Crippen molar-refractivity contribution in [3.05, 3.63) is 27.7 Å². The number of carbonyl (C=O) groups excluding carboxylic acids is 1. The van der Waals surface area contributed by atoms with Gasteiger partial charge in [0.25, 0.3) is 0 Å². The van der Waals surface area contributed by atoms with Gasteiger partial charge in [-0.25, -0.2) is 4.79 Å². The molecule has 0 spiro atoms. The highest BCUT2D eigenvalue weighted by Crippen LogP contribution is 2.30. The molecule has 3 nitrogen and oxygen atoms in total. The molecule has 0 fully saturated rings. The maximum Gasteiger partial charge on any atom is 0.341 e. The first kappa shape index (κ1) is 12.0. The molecule has 15 heavy (non-hydrogen) atoms. The van der Waals surface area contributed by atoms with Crippen LogP contribution >= 0.6 is 15.9 Å². The number of esters is 1. The van der Waals surface area contributed by atoms with Crippen LogP contribution in [0.4, 0.5) is 0 Å². The molecule has 0 saturated carbocycles. The fourth-order valence-corrected chi connectivity index (χ4v) is 1.61. The monoisotopic (exact) mass is 272 g/mol. The highest BCUT2D eigenvalue weighted by atomic mass is 79.9. The van der Waals surface area contributed by atoms with E-state index in [1.807, 2.05) is 13.0 Å². The van der Waals surface area contributed by atoms with Crippen molar-refractivity contribution >= 4 is 21.9 Å². The zero-order chi connectivity index (χ0) is 11.4. The minimum atomic E-state index is -0.357. The molecule has 0 aliphatic heterocycles. The van der Waals surface area contributed by atoms with Crippen molar-refractivity contribution in [3.63, 3.8) is 0 Å². The quantitative estimate of drug-likeness (QED) is 0.794. The molecular formula is C11H13BrO3. The van der Waals surface area contributed by atoms with Crippen LogP contribution < -0.4 is 4.74 Å². The lowest BCUT2D eigenvalue weighted by Crippen LogP contribution is -2.07. The Morgan fingerprint density at radius 3 is 2.67 bits per heavy atom. The molecule has 1 aromatic carbocycles. The third-order valence-corrected chi connectivity index (χ3v) is 2.90. The molecule has 0 bridgehead atoms. The summed E-state index contributed by atoms with van der Waals surface area (Å²) >= 11 is 3.38. The predicted octanol–water partition coefficient (Wildman–Crippen LogP) is 2.94. The van der Waals surface area contributed by atoms with Crippen LogP contribution in [0.3, 0.4) is 0 Å². The Labute approximate surface area is 97.5 Å². The predicted molar refractivity (Wildman–Crippen MR) is 61.4 cm³/mol. The molecular weight excluding hydrogens is 260 g/mol. The molecule has 0 aromatic heterocycles. The van der Waals surface area contributed by atoms with Crippen LogP contribution in [0.25, 0.3) is 0 Å². The topological polar surface area (TPSA) is 35.5 Å². The van der Waals surface area contributed by atoms with Crippen molar-refractivity contribution in [2.75, 3.05) is 13.7 Å². The van der Waals surface area contributed by atoms with Crippen molar-refractivity contribution < 1.29 is 14.3 Å². The number of methoxy groups -OCH3 is 1. The van der Waals surface area contributed by atoms with E-state index in [0.717, 1.165) is 10.0 Å². The number of hydrogen-bond donors (Lipinski definition) is 0. The van der Waals surface area contributed by atoms with Crippen LogP contribution in [0.15, 0.2) is 16.6 Å². The second kappa shape index (κ2) is 5.16. The van der Waals surface area contributed by atoms with E-state index in [2.05, 4.69) is 15.9 Å². The van der Waals surface area contributed by atoms with Gasteiger partial charge in [0.2, 0.25) is 0 Å². The summed E-state index contributed by atoms with van der Waals surface area (Å²) in [5, 5.41) is 0. The lowest BCUT2D eigenvalue weighted by atomic mass is 10.1. The molecule has 0 amide bonds. The number of ether oxygens (including phenoxy) is 2. The molecule has 0 heterocycles. The van der Waals surface area contributed by atoms with Gasteiger partial charge < -0.3 is 9.47 Å². The van der Waals surface area contributed by atoms with E-state index >= 15 is 0 Å². The Morgan fingerprint density at radius 1 is 1.47 bits per heavy atom. The Hall–Kier alpha value is -1.03. The summed E-state index contributed by atoms with van der Waals surface area (Å²) < 4.78 is 11.0. The van der Waals surface area contributed by atoms with Crippen LogP contribution in [0, 0.1) is 6.92 Å². The van der Waals surface area contributed by atoms with Gasteiger partial charge in [-0.2, -0.15) is 0 Å². The van der Waals surface area contributed by atoms with E-state index in [0.29, 0.717) is 17.9 Å². The van der Waals surface area contributed by atoms with Gasteiger partial charge in [0.1, 0.15) is 11.3 Å². The maximum atomic E-state index is 11.6. The Morgan fingerprint density at radius 2 is 2.13 bits per heavy atom. The van der Waals surface area contributed by atoms with E-state index in [9.17, 15) is 4.79 Å². The van der Waals surface area contributed by atoms with Gasteiger partial charge in [-0.1, -0.05) is 15.9 Å². The molecule has 4 heteroatoms. The molecule has 0 aliphatic carbocycles. The highest BCUT2D eigenvalue weighted by Gasteiger charge is 2.16. The molecule has 1 rings (SSSR count). The third kappa shape index (κ3) is 2.50. The minimum absolute atomic E-state index is 0.357. The van der Waals surface area contributed by atoms with E-state index < -0.39 is 0 Å². The smallest absolute Gasteiger partial charge is 0.341 e. The number of rotatable bonds is 3. The number of halogens is 1. The number of carbonyl (C=O) groups is 1. The van der Waals surface area contributed by atoms with Gasteiger partial charge >= 0.3 is 5.97 Å². The molecule has 0 saturated heterocycles. The SMILES string of the molecule is CCOC(=O)c1ccc(Br)c(C)c1OC. The van der Waals surface area contributed by atoms with Gasteiger partial charge in [0, 0.05) is 10.0 Å². The fraction of sp³-hybridized carbons (Fsp3) is 0.364. The third-order valence-electron chi connectivity index (χ3n) is 2.04. The second-order valence-corrected chi connectivity index (χ2v) is 3.83. The fourth-order valence-electron chi connectivity index (χ4n) is 1.30. The molecule has 0 radical (unpaired) electrons. The molecule has 1 aromatic rings. The van der Waals surface area contributed by atoms with Crippen molar-refractivity contribution in [1.82, 2.24) is 0 Å². The van der Waals surface area contributed by atoms with E-state index in [-0.39, 0.29) is 5.97 Å². The Balaban J connectivity index is 3.18. The lowest BCUT2D eigenvalue weighted by molar-refractivity contribution is 0.0522. The molecule has 0 unspecified atom stereocenters. The van der Waals surface area contributed by atoms with Gasteiger partial charge in [0.05, 0.1) is 13.7 Å². The molecule has 82 valence electrons. The minimum Gasteiger partial charge on any atom is -0.496 e. The van der Waals surface area contributed by atoms with Gasteiger partial charge in [-0.3, -0.25) is 0 Å². The maximum absolute atomic E-state index is 11.6. The Bertz CT molecular complexity index is 374. The van der Waals surface area contributed by atoms with Crippen LogP contribution in [0.5, 0.6) is 5.75 Å². The van der Waals surface area contributed by atoms with Crippen LogP contribution in [0.1, 0.15) is 22.8 Å². The van der Waals surface area contributed by atoms with Gasteiger partial charge in [0.15, 0.2) is 0 Å². The van der Waals surface area contributed by atoms with Crippen LogP contribution in [-0.4, -0.2) is 19.7 Å². The summed E-state index contributed by atoms with van der Waals surface area (Å²) in [4.78, 5) is 11.6. The summed E-state index contributed by atoms with van der Waals surface area (Å²) in [6.07, 6.45) is 0. The first-order chi connectivity index (χ1) is 7.11. The average Bonchev–Trinajstić information content (AvgIpc) is 2.22. The van der Waals surface area contributed by atoms with E-state index in [1.165, 1.54) is 7.11 Å². The zero-order valence-corrected chi connectivity index (χ0v) is 10.6. The Kier molecular flexibility index (Phi) is 4.15. The first-order valence-corrected chi connectivity index (χ1v) is 5.41. The summed E-state index contributed by atoms with van der Waals surface area (Å²) in [6.45, 7) is 4.01. The molecule has 0 aliphatic rings. The summed E-state index contributed by atoms with van der Waals surface area (Å²) in [6, 6.07) is 3.50. The van der Waals surface area contributed by atoms with Crippen molar-refractivity contribution in [2.24, 2.45) is 0 Å². The number of benzene rings is 1. The molecule has 0 N–H and O–H groups in total. The largest absolute Gasteiger partial charge is 0.496 e. The van der Waals surface area contributed by atoms with Crippen LogP contribution in [-0.2, 0) is 4.74 Å². The van der Waals surface area contributed by atoms with Crippen LogP contribution in [0.2, 0.25) is 0 Å². The van der Waals surface area contributed by atoms with E-state index in [1.54, 1.807) is 13.0 Å². The standard InChI is InChI=1S/C11H13BrO3/c1-4-15-11(13)8-5-6-9(12)7(2)10(8)14-3/h5-6H,4H2,1-3H3. The zero-order valence-electron chi connectivity index (χ0n) is 8.96. The highest BCUT2D eigenvalue weighted by molar-refractivity contribution is 9.10. The molecule has 0 atom stereocenters. The van der Waals surface area contributed by atoms with Gasteiger partial charge in [-0.15, -0.1) is 0 Å². The van der Waals surface area contributed by atoms with Crippen molar-refractivity contribution in [3.8, 4) is 5.75 Å². The van der Waals surface area contributed by atoms with Gasteiger partial charge in [-0.05, 0) is 26.0 Å². The lowest BCUT2D eigenvalue weighted by Gasteiger charge is -2.11. The summed E-state index contributed by atoms with van der Waals surface area (Å²) in [5.41, 5.74) is 1.35. The average molecular weight is 273 g/mol. The normalized spacial score (nSPS) is 9.87. The van der Waals surface area contributed by atoms with Crippen molar-refractivity contribution in [1.29, 1.82) is 0 Å². The first-order valence-electron chi connectivity index (χ1n) is 4.62. The number of hydrogen-bond acceptors (Lipinski definition) is 3. The van der Waals surface area contributed by atoms with E-state index in [4.69, 9.17) is 9.47 Å². The summed E-state index contributed by atoms with van der Waals surface area (Å²) in [7, 11) is 1.54. The summed E-state index contributed by atoms with van der Waals surface area (Å²) in [5.74, 6) is 0.202.